The van der Waals surface area contributed by atoms with Gasteiger partial charge in [0, 0.05) is 12.1 Å². The predicted molar refractivity (Wildman–Crippen MR) is 80.0 cm³/mol. The minimum absolute atomic E-state index is 0.0288. The Labute approximate surface area is 123 Å². The molecule has 0 radical (unpaired) electrons. The third-order valence-corrected chi connectivity index (χ3v) is 2.90. The molecule has 0 fully saturated rings. The second-order valence-corrected chi connectivity index (χ2v) is 4.40. The summed E-state index contributed by atoms with van der Waals surface area (Å²) in [6, 6.07) is 17.8. The zero-order chi connectivity index (χ0) is 15.1. The van der Waals surface area contributed by atoms with Crippen molar-refractivity contribution in [2.24, 2.45) is 0 Å². The minimum atomic E-state index is -0.468. The van der Waals surface area contributed by atoms with Gasteiger partial charge in [0.1, 0.15) is 17.4 Å². The maximum absolute atomic E-state index is 12.0. The first kappa shape index (κ1) is 14.4. The van der Waals surface area contributed by atoms with E-state index in [2.05, 4.69) is 5.32 Å². The fourth-order valence-corrected chi connectivity index (χ4v) is 1.79. The van der Waals surface area contributed by atoms with Crippen molar-refractivity contribution < 1.29 is 9.90 Å². The second-order valence-electron chi connectivity index (χ2n) is 4.40. The van der Waals surface area contributed by atoms with Crippen molar-refractivity contribution >= 4 is 12.0 Å². The van der Waals surface area contributed by atoms with Gasteiger partial charge in [-0.05, 0) is 17.7 Å². The molecule has 0 saturated carbocycles. The van der Waals surface area contributed by atoms with Gasteiger partial charge in [-0.25, -0.2) is 0 Å². The molecular formula is C17H14N2O2. The molecular weight excluding hydrogens is 264 g/mol. The molecule has 0 saturated heterocycles. The molecule has 2 rings (SSSR count). The van der Waals surface area contributed by atoms with Crippen molar-refractivity contribution in [3.63, 3.8) is 0 Å². The van der Waals surface area contributed by atoms with Crippen LogP contribution >= 0.6 is 0 Å². The first-order valence-corrected chi connectivity index (χ1v) is 6.42. The van der Waals surface area contributed by atoms with Gasteiger partial charge in [0.05, 0.1) is 0 Å². The molecule has 0 aliphatic rings. The molecule has 0 aliphatic heterocycles. The van der Waals surface area contributed by atoms with Crippen LogP contribution < -0.4 is 5.32 Å². The van der Waals surface area contributed by atoms with Gasteiger partial charge in [0.25, 0.3) is 5.91 Å². The number of aromatic hydroxyl groups is 1. The Kier molecular flexibility index (Phi) is 4.73. The van der Waals surface area contributed by atoms with Crippen molar-refractivity contribution in [2.45, 2.75) is 6.54 Å². The number of amides is 1. The normalized spacial score (nSPS) is 10.7. The summed E-state index contributed by atoms with van der Waals surface area (Å²) in [5.41, 5.74) is 1.34. The summed E-state index contributed by atoms with van der Waals surface area (Å²) in [4.78, 5) is 12.0. The maximum atomic E-state index is 12.0. The topological polar surface area (TPSA) is 73.1 Å². The Morgan fingerprint density at radius 2 is 1.81 bits per heavy atom. The van der Waals surface area contributed by atoms with Crippen LogP contribution in [0.5, 0.6) is 5.75 Å². The molecule has 0 heterocycles. The highest BCUT2D eigenvalue weighted by Crippen LogP contribution is 2.18. The fraction of sp³-hybridized carbons (Fsp3) is 0.0588. The first-order valence-electron chi connectivity index (χ1n) is 6.42. The summed E-state index contributed by atoms with van der Waals surface area (Å²) in [6.45, 7) is 0.347. The third-order valence-electron chi connectivity index (χ3n) is 2.90. The summed E-state index contributed by atoms with van der Waals surface area (Å²) in [7, 11) is 0. The van der Waals surface area contributed by atoms with Crippen molar-refractivity contribution in [1.29, 1.82) is 5.26 Å². The number of phenols is 1. The summed E-state index contributed by atoms with van der Waals surface area (Å²) in [5.74, 6) is -0.439. The van der Waals surface area contributed by atoms with Crippen LogP contribution in [-0.4, -0.2) is 11.0 Å². The van der Waals surface area contributed by atoms with Crippen LogP contribution in [0.2, 0.25) is 0 Å². The number of rotatable bonds is 4. The molecule has 1 amide bonds. The lowest BCUT2D eigenvalue weighted by molar-refractivity contribution is -0.117. The molecule has 2 N–H and O–H groups in total. The van der Waals surface area contributed by atoms with Gasteiger partial charge in [0.2, 0.25) is 0 Å². The van der Waals surface area contributed by atoms with E-state index >= 15 is 0 Å². The van der Waals surface area contributed by atoms with Crippen LogP contribution in [0, 0.1) is 11.3 Å². The monoisotopic (exact) mass is 278 g/mol. The summed E-state index contributed by atoms with van der Waals surface area (Å²) >= 11 is 0. The van der Waals surface area contributed by atoms with Crippen LogP contribution in [0.4, 0.5) is 0 Å². The lowest BCUT2D eigenvalue weighted by Crippen LogP contribution is -2.23. The number of nitriles is 1. The van der Waals surface area contributed by atoms with Crippen LogP contribution in [0.1, 0.15) is 11.1 Å². The number of carbonyl (C=O) groups is 1. The molecule has 104 valence electrons. The Morgan fingerprint density at radius 1 is 1.14 bits per heavy atom. The summed E-state index contributed by atoms with van der Waals surface area (Å²) in [6.07, 6.45) is 1.37. The Bertz CT molecular complexity index is 700. The minimum Gasteiger partial charge on any atom is -0.507 e. The van der Waals surface area contributed by atoms with E-state index in [-0.39, 0.29) is 11.3 Å². The number of hydrogen-bond acceptors (Lipinski definition) is 3. The zero-order valence-electron chi connectivity index (χ0n) is 11.3. The third kappa shape index (κ3) is 3.95. The van der Waals surface area contributed by atoms with Gasteiger partial charge in [0.15, 0.2) is 0 Å². The van der Waals surface area contributed by atoms with Crippen LogP contribution in [0.15, 0.2) is 60.2 Å². The zero-order valence-corrected chi connectivity index (χ0v) is 11.3. The molecule has 0 spiro atoms. The number of nitrogens with zero attached hydrogens (tertiary/aromatic N) is 1. The van der Waals surface area contributed by atoms with Crippen molar-refractivity contribution in [3.8, 4) is 11.8 Å². The van der Waals surface area contributed by atoms with Crippen LogP contribution in [0.25, 0.3) is 6.08 Å². The molecule has 0 unspecified atom stereocenters. The number of carbonyl (C=O) groups excluding carboxylic acids is 1. The lowest BCUT2D eigenvalue weighted by Gasteiger charge is -2.05. The van der Waals surface area contributed by atoms with Gasteiger partial charge in [-0.2, -0.15) is 5.26 Å². The highest BCUT2D eigenvalue weighted by molar-refractivity contribution is 6.01. The Morgan fingerprint density at radius 3 is 2.48 bits per heavy atom. The number of hydrogen-bond donors (Lipinski definition) is 2. The van der Waals surface area contributed by atoms with Crippen LogP contribution in [0.3, 0.4) is 0 Å². The van der Waals surface area contributed by atoms with Crippen molar-refractivity contribution in [1.82, 2.24) is 5.32 Å². The van der Waals surface area contributed by atoms with Crippen LogP contribution in [-0.2, 0) is 11.3 Å². The SMILES string of the molecule is N#CC(=Cc1ccccc1O)C(=O)NCc1ccccc1. The van der Waals surface area contributed by atoms with Gasteiger partial charge in [-0.3, -0.25) is 4.79 Å². The average molecular weight is 278 g/mol. The number of nitrogens with one attached hydrogen (secondary N) is 1. The number of para-hydroxylation sites is 1. The largest absolute Gasteiger partial charge is 0.507 e. The molecule has 4 heteroatoms. The van der Waals surface area contributed by atoms with E-state index in [4.69, 9.17) is 5.26 Å². The van der Waals surface area contributed by atoms with E-state index in [1.54, 1.807) is 18.2 Å². The molecule has 0 bridgehead atoms. The highest BCUT2D eigenvalue weighted by Gasteiger charge is 2.09. The Balaban J connectivity index is 2.09. The van der Waals surface area contributed by atoms with Gasteiger partial charge in [-0.1, -0.05) is 48.5 Å². The quantitative estimate of drug-likeness (QED) is 0.667. The maximum Gasteiger partial charge on any atom is 0.262 e. The number of phenolic OH excluding ortho intramolecular Hbond substituents is 1. The molecule has 0 atom stereocenters. The molecule has 4 nitrogen and oxygen atoms in total. The molecule has 0 aliphatic carbocycles. The molecule has 0 aromatic heterocycles. The summed E-state index contributed by atoms with van der Waals surface area (Å²) < 4.78 is 0. The fourth-order valence-electron chi connectivity index (χ4n) is 1.79. The molecule has 2 aromatic carbocycles. The van der Waals surface area contributed by atoms with Gasteiger partial charge in [-0.15, -0.1) is 0 Å². The lowest BCUT2D eigenvalue weighted by atomic mass is 10.1. The van der Waals surface area contributed by atoms with Crippen molar-refractivity contribution in [3.05, 3.63) is 71.3 Å². The van der Waals surface area contributed by atoms with Gasteiger partial charge < -0.3 is 10.4 Å². The summed E-state index contributed by atoms with van der Waals surface area (Å²) in [5, 5.41) is 21.4. The number of benzene rings is 2. The van der Waals surface area contributed by atoms with E-state index in [1.165, 1.54) is 12.1 Å². The van der Waals surface area contributed by atoms with E-state index in [9.17, 15) is 9.90 Å². The standard InChI is InChI=1S/C17H14N2O2/c18-11-15(10-14-8-4-5-9-16(14)20)17(21)19-12-13-6-2-1-3-7-13/h1-10,20H,12H2,(H,19,21). The van der Waals surface area contributed by atoms with E-state index in [0.29, 0.717) is 12.1 Å². The highest BCUT2D eigenvalue weighted by atomic mass is 16.3. The first-order chi connectivity index (χ1) is 10.2. The smallest absolute Gasteiger partial charge is 0.262 e. The second kappa shape index (κ2) is 6.92. The van der Waals surface area contributed by atoms with E-state index < -0.39 is 5.91 Å². The predicted octanol–water partition coefficient (Wildman–Crippen LogP) is 2.62. The molecule has 2 aromatic rings. The molecule has 21 heavy (non-hydrogen) atoms. The van der Waals surface area contributed by atoms with E-state index in [1.807, 2.05) is 36.4 Å². The van der Waals surface area contributed by atoms with E-state index in [0.717, 1.165) is 5.56 Å². The Hall–Kier alpha value is -3.06. The average Bonchev–Trinajstić information content (AvgIpc) is 2.53. The van der Waals surface area contributed by atoms with Gasteiger partial charge >= 0.3 is 0 Å². The van der Waals surface area contributed by atoms with Crippen molar-refractivity contribution in [2.75, 3.05) is 0 Å².